The van der Waals surface area contributed by atoms with Gasteiger partial charge in [-0.05, 0) is 141 Å². The molecule has 1 N–H and O–H groups in total. The average Bonchev–Trinajstić information content (AvgIpc) is 3.40. The minimum Gasteiger partial charge on any atom is -0.481 e. The highest BCUT2D eigenvalue weighted by molar-refractivity contribution is 6.30. The molecule has 0 heterocycles. The number of likely N-dealkylation sites (N-methyl/N-ethyl adjacent to an activating group) is 1. The maximum absolute atomic E-state index is 14.4. The Labute approximate surface area is 340 Å². The highest BCUT2D eigenvalue weighted by Crippen LogP contribution is 2.77. The molecule has 5 aliphatic carbocycles. The molecule has 0 spiro atoms. The number of ketones is 1. The molecule has 0 aliphatic heterocycles. The number of halogens is 1. The molecule has 4 fully saturated rings. The van der Waals surface area contributed by atoms with E-state index in [0.29, 0.717) is 36.4 Å². The van der Waals surface area contributed by atoms with Crippen LogP contribution in [0.5, 0.6) is 0 Å². The summed E-state index contributed by atoms with van der Waals surface area (Å²) in [5.41, 5.74) is 1.42. The lowest BCUT2D eigenvalue weighted by atomic mass is 9.33. The molecule has 1 unspecified atom stereocenters. The van der Waals surface area contributed by atoms with Crippen LogP contribution in [0.3, 0.4) is 0 Å². The van der Waals surface area contributed by atoms with E-state index in [0.717, 1.165) is 62.5 Å². The number of aliphatic carboxylic acids is 1. The summed E-state index contributed by atoms with van der Waals surface area (Å²) in [6.45, 7) is 22.3. The van der Waals surface area contributed by atoms with Gasteiger partial charge in [0.05, 0.1) is 11.8 Å². The van der Waals surface area contributed by atoms with Gasteiger partial charge in [-0.25, -0.2) is 0 Å². The molecule has 8 nitrogen and oxygen atoms in total. The van der Waals surface area contributed by atoms with Crippen molar-refractivity contribution in [3.63, 3.8) is 0 Å². The van der Waals surface area contributed by atoms with Gasteiger partial charge in [0.2, 0.25) is 0 Å². The predicted octanol–water partition coefficient (Wildman–Crippen LogP) is 10.1. The number of fused-ring (bicyclic) bond motifs is 7. The van der Waals surface area contributed by atoms with Crippen LogP contribution >= 0.6 is 11.6 Å². The number of hydrogen-bond acceptors (Lipinski definition) is 7. The molecule has 0 bridgehead atoms. The molecule has 0 radical (unpaired) electrons. The van der Waals surface area contributed by atoms with Crippen molar-refractivity contribution >= 4 is 35.3 Å². The third-order valence-corrected chi connectivity index (χ3v) is 16.9. The lowest BCUT2D eigenvalue weighted by Crippen LogP contribution is -2.66. The molecule has 1 aromatic rings. The molecule has 56 heavy (non-hydrogen) atoms. The van der Waals surface area contributed by atoms with Crippen molar-refractivity contribution in [1.29, 1.82) is 0 Å². The second kappa shape index (κ2) is 14.8. The maximum atomic E-state index is 14.4. The van der Waals surface area contributed by atoms with Crippen molar-refractivity contribution in [2.45, 2.75) is 152 Å². The first kappa shape index (κ1) is 42.9. The standard InChI is InChI=1S/C47H68ClNO7/c1-28(2)39-33(51)24-47(37(55-29(3)50)27-49(11)26-30-12-14-31(48)15-13-30)23-22-45(9)32(40(39)47)16-17-35-44(8)20-19-36(56-38(52)25-42(4,5)41(53)54)43(6,7)34(44)18-21-46(35,45)10/h12-15,28,32,34-37H,16-27H2,1-11H3,(H,53,54)/t32-,34+,35-,36+,37-,44+,45-,46-,47?/m1/s1. The van der Waals surface area contributed by atoms with Crippen LogP contribution in [0.4, 0.5) is 0 Å². The van der Waals surface area contributed by atoms with E-state index in [1.54, 1.807) is 13.8 Å². The van der Waals surface area contributed by atoms with Crippen LogP contribution in [-0.4, -0.2) is 59.5 Å². The smallest absolute Gasteiger partial charge is 0.309 e. The number of nitrogens with zero attached hydrogens (tertiary/aromatic N) is 1. The molecular weight excluding hydrogens is 726 g/mol. The number of rotatable bonds is 11. The van der Waals surface area contributed by atoms with Crippen molar-refractivity contribution in [2.24, 2.45) is 56.2 Å². The molecule has 4 saturated carbocycles. The van der Waals surface area contributed by atoms with Gasteiger partial charge in [-0.2, -0.15) is 0 Å². The van der Waals surface area contributed by atoms with Crippen molar-refractivity contribution < 1.29 is 33.8 Å². The van der Waals surface area contributed by atoms with Crippen molar-refractivity contribution in [1.82, 2.24) is 4.90 Å². The molecule has 310 valence electrons. The number of esters is 2. The quantitative estimate of drug-likeness (QED) is 0.221. The van der Waals surface area contributed by atoms with Crippen molar-refractivity contribution in [2.75, 3.05) is 13.6 Å². The average molecular weight is 795 g/mol. The second-order valence-electron chi connectivity index (χ2n) is 21.0. The molecule has 0 amide bonds. The summed E-state index contributed by atoms with van der Waals surface area (Å²) in [5, 5.41) is 10.3. The lowest BCUT2D eigenvalue weighted by molar-refractivity contribution is -0.235. The third-order valence-electron chi connectivity index (χ3n) is 16.6. The Morgan fingerprint density at radius 3 is 2.20 bits per heavy atom. The van der Waals surface area contributed by atoms with E-state index < -0.39 is 28.9 Å². The minimum absolute atomic E-state index is 0.0153. The van der Waals surface area contributed by atoms with Crippen LogP contribution in [0.2, 0.25) is 5.02 Å². The summed E-state index contributed by atoms with van der Waals surface area (Å²) >= 11 is 6.19. The van der Waals surface area contributed by atoms with Crippen molar-refractivity contribution in [3.05, 3.63) is 46.0 Å². The predicted molar refractivity (Wildman–Crippen MR) is 219 cm³/mol. The molecule has 0 saturated heterocycles. The maximum Gasteiger partial charge on any atom is 0.309 e. The Kier molecular flexibility index (Phi) is 11.4. The third kappa shape index (κ3) is 6.98. The number of hydrogen-bond donors (Lipinski definition) is 1. The van der Waals surface area contributed by atoms with E-state index in [2.05, 4.69) is 60.4 Å². The van der Waals surface area contributed by atoms with Gasteiger partial charge in [0.1, 0.15) is 12.2 Å². The fourth-order valence-electron chi connectivity index (χ4n) is 13.7. The molecule has 6 rings (SSSR count). The molecule has 1 aromatic carbocycles. The monoisotopic (exact) mass is 793 g/mol. The molecule has 9 heteroatoms. The first-order valence-electron chi connectivity index (χ1n) is 21.2. The van der Waals surface area contributed by atoms with Crippen molar-refractivity contribution in [3.8, 4) is 0 Å². The number of carboxylic acids is 1. The van der Waals surface area contributed by atoms with Gasteiger partial charge in [-0.3, -0.25) is 24.1 Å². The van der Waals surface area contributed by atoms with Gasteiger partial charge in [0.25, 0.3) is 0 Å². The zero-order chi connectivity index (χ0) is 41.4. The summed E-state index contributed by atoms with van der Waals surface area (Å²) in [7, 11) is 2.07. The zero-order valence-electron chi connectivity index (χ0n) is 36.0. The Morgan fingerprint density at radius 1 is 0.929 bits per heavy atom. The Morgan fingerprint density at radius 2 is 1.59 bits per heavy atom. The van der Waals surface area contributed by atoms with Gasteiger partial charge in [-0.15, -0.1) is 0 Å². The minimum atomic E-state index is -1.18. The number of allylic oxidation sites excluding steroid dienone is 1. The summed E-state index contributed by atoms with van der Waals surface area (Å²) < 4.78 is 12.6. The number of ether oxygens (including phenoxy) is 2. The highest BCUT2D eigenvalue weighted by Gasteiger charge is 2.71. The SMILES string of the molecule is CC(=O)O[C@H](CN(C)Cc1ccc(Cl)cc1)C12CC[C@]3(C)[C@H](CC[C@@H]4[C@@]5(C)CC[C@H](OC(=O)CC(C)(C)C(=O)O)C(C)(C)[C@@H]5CC[C@]43C)C1=C(C(C)C)C(=O)C2. The van der Waals surface area contributed by atoms with Gasteiger partial charge in [0.15, 0.2) is 5.78 Å². The highest BCUT2D eigenvalue weighted by atomic mass is 35.5. The number of benzene rings is 1. The summed E-state index contributed by atoms with van der Waals surface area (Å²) in [6.07, 6.45) is 7.18. The first-order valence-corrected chi connectivity index (χ1v) is 21.6. The van der Waals surface area contributed by atoms with Crippen LogP contribution in [0.1, 0.15) is 139 Å². The number of Topliss-reactive ketones (excluding diaryl/α,β-unsaturated/α-hetero) is 1. The number of carboxylic acid groups (broad SMARTS) is 1. The molecule has 5 aliphatic rings. The zero-order valence-corrected chi connectivity index (χ0v) is 36.7. The topological polar surface area (TPSA) is 110 Å². The van der Waals surface area contributed by atoms with Crippen LogP contribution in [0.15, 0.2) is 35.4 Å². The van der Waals surface area contributed by atoms with Crippen LogP contribution < -0.4 is 0 Å². The lowest BCUT2D eigenvalue weighted by Gasteiger charge is -2.72. The fraction of sp³-hybridized carbons (Fsp3) is 0.745. The number of carbonyl (C=O) groups excluding carboxylic acids is 3. The Hall–Kier alpha value is -2.71. The van der Waals surface area contributed by atoms with Crippen LogP contribution in [0.25, 0.3) is 0 Å². The Balaban J connectivity index is 1.31. The summed E-state index contributed by atoms with van der Waals surface area (Å²) in [5.74, 6) is -0.421. The Bertz CT molecular complexity index is 1760. The van der Waals surface area contributed by atoms with Gasteiger partial charge >= 0.3 is 17.9 Å². The van der Waals surface area contributed by atoms with Gasteiger partial charge < -0.3 is 14.6 Å². The largest absolute Gasteiger partial charge is 0.481 e. The van der Waals surface area contributed by atoms with E-state index in [4.69, 9.17) is 21.1 Å². The fourth-order valence-corrected chi connectivity index (χ4v) is 13.8. The molecular formula is C47H68ClNO7. The van der Waals surface area contributed by atoms with E-state index in [9.17, 15) is 24.3 Å². The van der Waals surface area contributed by atoms with E-state index >= 15 is 0 Å². The van der Waals surface area contributed by atoms with E-state index in [1.165, 1.54) is 12.5 Å². The number of carbonyl (C=O) groups is 4. The van der Waals surface area contributed by atoms with E-state index in [-0.39, 0.29) is 57.8 Å². The van der Waals surface area contributed by atoms with Gasteiger partial charge in [-0.1, -0.05) is 72.2 Å². The normalized spacial score (nSPS) is 35.6. The molecule has 9 atom stereocenters. The summed E-state index contributed by atoms with van der Waals surface area (Å²) in [4.78, 5) is 54.5. The van der Waals surface area contributed by atoms with E-state index in [1.807, 2.05) is 24.3 Å². The van der Waals surface area contributed by atoms with Crippen LogP contribution in [-0.2, 0) is 35.2 Å². The van der Waals surface area contributed by atoms with Crippen LogP contribution in [0, 0.1) is 56.2 Å². The molecule has 0 aromatic heterocycles. The van der Waals surface area contributed by atoms with Gasteiger partial charge in [0, 0.05) is 42.3 Å². The summed E-state index contributed by atoms with van der Waals surface area (Å²) in [6, 6.07) is 7.86. The first-order chi connectivity index (χ1) is 25.9. The second-order valence-corrected chi connectivity index (χ2v) is 21.4.